The fourth-order valence-electron chi connectivity index (χ4n) is 1.51. The van der Waals surface area contributed by atoms with Gasteiger partial charge in [0, 0.05) is 6.61 Å². The second kappa shape index (κ2) is 4.43. The molecule has 1 atom stereocenters. The van der Waals surface area contributed by atoms with Gasteiger partial charge in [0.25, 0.3) is 0 Å². The van der Waals surface area contributed by atoms with Crippen molar-refractivity contribution in [2.24, 2.45) is 0 Å². The summed E-state index contributed by atoms with van der Waals surface area (Å²) in [5, 5.41) is 0. The molecule has 1 fully saturated rings. The van der Waals surface area contributed by atoms with Crippen LogP contribution in [0.4, 0.5) is 0 Å². The Morgan fingerprint density at radius 1 is 1.54 bits per heavy atom. The lowest BCUT2D eigenvalue weighted by Crippen LogP contribution is -2.41. The van der Waals surface area contributed by atoms with Crippen LogP contribution in [0.3, 0.4) is 0 Å². The van der Waals surface area contributed by atoms with Gasteiger partial charge in [0.15, 0.2) is 5.78 Å². The van der Waals surface area contributed by atoms with E-state index in [4.69, 9.17) is 4.74 Å². The summed E-state index contributed by atoms with van der Waals surface area (Å²) < 4.78 is 5.51. The van der Waals surface area contributed by atoms with E-state index in [1.807, 2.05) is 6.92 Å². The maximum Gasteiger partial charge on any atom is 0.176 e. The van der Waals surface area contributed by atoms with Gasteiger partial charge in [0.1, 0.15) is 5.60 Å². The quantitative estimate of drug-likeness (QED) is 0.607. The van der Waals surface area contributed by atoms with Gasteiger partial charge in [0.2, 0.25) is 0 Å². The molecule has 1 unspecified atom stereocenters. The highest BCUT2D eigenvalue weighted by Gasteiger charge is 2.34. The minimum Gasteiger partial charge on any atom is -0.367 e. The van der Waals surface area contributed by atoms with Crippen LogP contribution in [-0.2, 0) is 9.53 Å². The second-order valence-electron chi connectivity index (χ2n) is 3.56. The molecule has 0 N–H and O–H groups in total. The van der Waals surface area contributed by atoms with E-state index in [1.54, 1.807) is 6.92 Å². The molecule has 2 heteroatoms. The van der Waals surface area contributed by atoms with E-state index in [0.717, 1.165) is 19.3 Å². The predicted octanol–water partition coefficient (Wildman–Crippen LogP) is 1.93. The zero-order valence-electron chi connectivity index (χ0n) is 8.35. The van der Waals surface area contributed by atoms with Crippen molar-refractivity contribution in [2.75, 3.05) is 6.61 Å². The number of Topliss-reactive ketones (excluding diaryl/α,β-unsaturated/α-hetero) is 1. The van der Waals surface area contributed by atoms with Crippen molar-refractivity contribution in [3.8, 4) is 11.8 Å². The largest absolute Gasteiger partial charge is 0.367 e. The lowest BCUT2D eigenvalue weighted by molar-refractivity contribution is -0.146. The standard InChI is InChI=1S/C11H16O2/c1-3-4-7-10(12)11(2)8-5-6-9-13-11/h5-9H2,1-2H3. The van der Waals surface area contributed by atoms with E-state index in [9.17, 15) is 4.79 Å². The molecule has 0 amide bonds. The van der Waals surface area contributed by atoms with Gasteiger partial charge < -0.3 is 4.74 Å². The van der Waals surface area contributed by atoms with E-state index in [-0.39, 0.29) is 5.78 Å². The maximum atomic E-state index is 11.7. The lowest BCUT2D eigenvalue weighted by Gasteiger charge is -2.31. The number of carbonyl (C=O) groups excluding carboxylic acids is 1. The number of rotatable bonds is 2. The molecule has 1 heterocycles. The first-order valence-corrected chi connectivity index (χ1v) is 4.76. The van der Waals surface area contributed by atoms with Crippen LogP contribution in [0.15, 0.2) is 0 Å². The van der Waals surface area contributed by atoms with Gasteiger partial charge >= 0.3 is 0 Å². The number of hydrogen-bond acceptors (Lipinski definition) is 2. The first kappa shape index (κ1) is 10.3. The first-order chi connectivity index (χ1) is 6.19. The van der Waals surface area contributed by atoms with Crippen molar-refractivity contribution in [1.82, 2.24) is 0 Å². The van der Waals surface area contributed by atoms with Gasteiger partial charge in [-0.2, -0.15) is 0 Å². The summed E-state index contributed by atoms with van der Waals surface area (Å²) >= 11 is 0. The highest BCUT2D eigenvalue weighted by Crippen LogP contribution is 2.26. The van der Waals surface area contributed by atoms with Gasteiger partial charge in [-0.05, 0) is 33.1 Å². The number of hydrogen-bond donors (Lipinski definition) is 0. The molecule has 1 aliphatic heterocycles. The molecule has 0 aromatic rings. The second-order valence-corrected chi connectivity index (χ2v) is 3.56. The van der Waals surface area contributed by atoms with Crippen LogP contribution in [0.5, 0.6) is 0 Å². The van der Waals surface area contributed by atoms with E-state index < -0.39 is 5.60 Å². The fraction of sp³-hybridized carbons (Fsp3) is 0.727. The van der Waals surface area contributed by atoms with E-state index in [2.05, 4.69) is 11.8 Å². The minimum absolute atomic E-state index is 0.126. The maximum absolute atomic E-state index is 11.7. The average molecular weight is 180 g/mol. The van der Waals surface area contributed by atoms with Crippen molar-refractivity contribution in [1.29, 1.82) is 0 Å². The van der Waals surface area contributed by atoms with Crippen LogP contribution >= 0.6 is 0 Å². The van der Waals surface area contributed by atoms with Gasteiger partial charge in [0.05, 0.1) is 6.42 Å². The molecule has 0 aliphatic carbocycles. The van der Waals surface area contributed by atoms with Crippen LogP contribution in [0.2, 0.25) is 0 Å². The molecule has 0 saturated carbocycles. The highest BCUT2D eigenvalue weighted by molar-refractivity contribution is 5.88. The topological polar surface area (TPSA) is 26.3 Å². The third-order valence-electron chi connectivity index (χ3n) is 2.48. The Morgan fingerprint density at radius 2 is 2.31 bits per heavy atom. The van der Waals surface area contributed by atoms with E-state index in [1.165, 1.54) is 0 Å². The van der Waals surface area contributed by atoms with Crippen molar-refractivity contribution in [2.45, 2.75) is 45.1 Å². The molecular formula is C11H16O2. The summed E-state index contributed by atoms with van der Waals surface area (Å²) in [5.74, 6) is 5.65. The van der Waals surface area contributed by atoms with Gasteiger partial charge in [-0.3, -0.25) is 4.79 Å². The van der Waals surface area contributed by atoms with Crippen molar-refractivity contribution in [3.63, 3.8) is 0 Å². The molecule has 72 valence electrons. The Labute approximate surface area is 79.7 Å². The summed E-state index contributed by atoms with van der Waals surface area (Å²) in [6, 6.07) is 0. The molecule has 0 aromatic heterocycles. The molecule has 13 heavy (non-hydrogen) atoms. The summed E-state index contributed by atoms with van der Waals surface area (Å²) in [4.78, 5) is 11.7. The van der Waals surface area contributed by atoms with Gasteiger partial charge in [-0.1, -0.05) is 5.92 Å². The Kier molecular flexibility index (Phi) is 3.50. The molecule has 1 rings (SSSR count). The lowest BCUT2D eigenvalue weighted by atomic mass is 9.90. The van der Waals surface area contributed by atoms with Gasteiger partial charge in [-0.25, -0.2) is 0 Å². The monoisotopic (exact) mass is 180 g/mol. The Balaban J connectivity index is 2.54. The number of ketones is 1. The smallest absolute Gasteiger partial charge is 0.176 e. The normalized spacial score (nSPS) is 27.5. The Morgan fingerprint density at radius 3 is 2.85 bits per heavy atom. The molecule has 0 spiro atoms. The third-order valence-corrected chi connectivity index (χ3v) is 2.48. The molecular weight excluding hydrogens is 164 g/mol. The Bertz CT molecular complexity index is 239. The summed E-state index contributed by atoms with van der Waals surface area (Å²) in [6.45, 7) is 4.34. The summed E-state index contributed by atoms with van der Waals surface area (Å²) in [6.07, 6.45) is 3.33. The third kappa shape index (κ3) is 2.57. The molecule has 1 aliphatic rings. The average Bonchev–Trinajstić information content (AvgIpc) is 2.15. The molecule has 1 saturated heterocycles. The fourth-order valence-corrected chi connectivity index (χ4v) is 1.51. The molecule has 0 aromatic carbocycles. The van der Waals surface area contributed by atoms with Crippen molar-refractivity contribution in [3.05, 3.63) is 0 Å². The molecule has 0 bridgehead atoms. The zero-order chi connectivity index (χ0) is 9.73. The SMILES string of the molecule is CC#CCC(=O)C1(C)CCCCO1. The van der Waals surface area contributed by atoms with E-state index in [0.29, 0.717) is 13.0 Å². The Hall–Kier alpha value is -0.810. The van der Waals surface area contributed by atoms with Crippen LogP contribution in [-0.4, -0.2) is 18.0 Å². The van der Waals surface area contributed by atoms with Crippen molar-refractivity contribution >= 4 is 5.78 Å². The van der Waals surface area contributed by atoms with Crippen LogP contribution in [0.1, 0.15) is 39.5 Å². The van der Waals surface area contributed by atoms with E-state index >= 15 is 0 Å². The van der Waals surface area contributed by atoms with Crippen molar-refractivity contribution < 1.29 is 9.53 Å². The van der Waals surface area contributed by atoms with Crippen LogP contribution in [0.25, 0.3) is 0 Å². The van der Waals surface area contributed by atoms with Crippen LogP contribution < -0.4 is 0 Å². The number of ether oxygens (including phenoxy) is 1. The summed E-state index contributed by atoms with van der Waals surface area (Å²) in [7, 11) is 0. The minimum atomic E-state index is -0.553. The zero-order valence-corrected chi connectivity index (χ0v) is 8.35. The first-order valence-electron chi connectivity index (χ1n) is 4.76. The van der Waals surface area contributed by atoms with Gasteiger partial charge in [-0.15, -0.1) is 5.92 Å². The summed E-state index contributed by atoms with van der Waals surface area (Å²) in [5.41, 5.74) is -0.553. The highest BCUT2D eigenvalue weighted by atomic mass is 16.5. The predicted molar refractivity (Wildman–Crippen MR) is 51.3 cm³/mol. The van der Waals surface area contributed by atoms with Crippen LogP contribution in [0, 0.1) is 11.8 Å². The molecule has 0 radical (unpaired) electrons. The number of carbonyl (C=O) groups is 1. The molecule has 2 nitrogen and oxygen atoms in total.